The molecular formula is C18H17N3O2S3. The molecule has 0 saturated heterocycles. The molecule has 0 aliphatic heterocycles. The van der Waals surface area contributed by atoms with Crippen LogP contribution in [-0.4, -0.2) is 22.1 Å². The summed E-state index contributed by atoms with van der Waals surface area (Å²) < 4.78 is 15.2. The zero-order valence-corrected chi connectivity index (χ0v) is 16.4. The molecule has 1 aliphatic rings. The molecule has 26 heavy (non-hydrogen) atoms. The first-order valence-electron chi connectivity index (χ1n) is 7.81. The van der Waals surface area contributed by atoms with E-state index in [0.717, 1.165) is 10.5 Å². The van der Waals surface area contributed by atoms with Crippen LogP contribution in [0.15, 0.2) is 71.1 Å². The molecule has 1 atom stereocenters. The minimum atomic E-state index is -1.37. The summed E-state index contributed by atoms with van der Waals surface area (Å²) in [5, 5.41) is 5.11. The van der Waals surface area contributed by atoms with Crippen LogP contribution in [0.3, 0.4) is 0 Å². The van der Waals surface area contributed by atoms with Gasteiger partial charge in [0.15, 0.2) is 15.1 Å². The average Bonchev–Trinajstić information content (AvgIpc) is 3.00. The Bertz CT molecular complexity index is 873. The van der Waals surface area contributed by atoms with E-state index < -0.39 is 10.0 Å². The number of nitrogens with zero attached hydrogens (tertiary/aromatic N) is 1. The van der Waals surface area contributed by atoms with Gasteiger partial charge in [-0.2, -0.15) is 0 Å². The third-order valence-corrected chi connectivity index (χ3v) is 6.66. The minimum absolute atomic E-state index is 0.0294. The molecule has 0 bridgehead atoms. The summed E-state index contributed by atoms with van der Waals surface area (Å²) in [6, 6.07) is 5.50. The predicted molar refractivity (Wildman–Crippen MR) is 110 cm³/mol. The van der Waals surface area contributed by atoms with Crippen LogP contribution in [0.1, 0.15) is 21.8 Å². The molecule has 8 heteroatoms. The van der Waals surface area contributed by atoms with Crippen molar-refractivity contribution in [2.45, 2.75) is 10.8 Å². The maximum atomic E-state index is 12.3. The van der Waals surface area contributed by atoms with Crippen molar-refractivity contribution in [3.8, 4) is 0 Å². The van der Waals surface area contributed by atoms with Gasteiger partial charge >= 0.3 is 0 Å². The normalized spacial score (nSPS) is 14.8. The molecule has 0 saturated carbocycles. The molecule has 1 unspecified atom stereocenters. The van der Waals surface area contributed by atoms with Crippen LogP contribution in [-0.2, 0) is 10.0 Å². The number of anilines is 1. The van der Waals surface area contributed by atoms with Crippen molar-refractivity contribution in [1.29, 1.82) is 0 Å². The Morgan fingerprint density at radius 2 is 2.00 bits per heavy atom. The van der Waals surface area contributed by atoms with E-state index in [1.54, 1.807) is 19.3 Å². The molecule has 5 nitrogen and oxygen atoms in total. The highest BCUT2D eigenvalue weighted by Crippen LogP contribution is 2.31. The van der Waals surface area contributed by atoms with E-state index in [1.165, 1.54) is 22.1 Å². The largest absolute Gasteiger partial charge is 0.355 e. The number of allylic oxidation sites excluding steroid dienone is 6. The fraction of sp³-hybridized carbons (Fsp3) is 0.111. The van der Waals surface area contributed by atoms with Crippen LogP contribution < -0.4 is 10.0 Å². The molecule has 1 aliphatic carbocycles. The third-order valence-electron chi connectivity index (χ3n) is 3.60. The highest BCUT2D eigenvalue weighted by molar-refractivity contribution is 8.69. The number of hydrogen-bond acceptors (Lipinski definition) is 5. The number of carbonyl (C=O) groups excluding carboxylic acids is 1. The van der Waals surface area contributed by atoms with Crippen molar-refractivity contribution in [3.63, 3.8) is 0 Å². The summed E-state index contributed by atoms with van der Waals surface area (Å²) in [5.74, 6) is -0.171. The van der Waals surface area contributed by atoms with Gasteiger partial charge in [0.2, 0.25) is 0 Å². The van der Waals surface area contributed by atoms with Crippen LogP contribution in [0.4, 0.5) is 5.13 Å². The van der Waals surface area contributed by atoms with E-state index in [0.29, 0.717) is 10.7 Å². The lowest BCUT2D eigenvalue weighted by Crippen LogP contribution is -2.20. The van der Waals surface area contributed by atoms with Crippen LogP contribution in [0.5, 0.6) is 0 Å². The highest BCUT2D eigenvalue weighted by atomic mass is 33.1. The van der Waals surface area contributed by atoms with Crippen molar-refractivity contribution < 1.29 is 9.00 Å². The van der Waals surface area contributed by atoms with Gasteiger partial charge in [-0.05, 0) is 34.6 Å². The molecule has 1 amide bonds. The number of thiazole rings is 1. The van der Waals surface area contributed by atoms with Gasteiger partial charge in [0.05, 0.1) is 0 Å². The van der Waals surface area contributed by atoms with Crippen molar-refractivity contribution in [3.05, 3.63) is 77.4 Å². The Morgan fingerprint density at radius 3 is 2.65 bits per heavy atom. The lowest BCUT2D eigenvalue weighted by molar-refractivity contribution is 0.0962. The number of benzene rings is 1. The Balaban J connectivity index is 1.86. The van der Waals surface area contributed by atoms with E-state index >= 15 is 0 Å². The van der Waals surface area contributed by atoms with E-state index in [4.69, 9.17) is 0 Å². The second-order valence-corrected chi connectivity index (χ2v) is 8.88. The first-order chi connectivity index (χ1) is 12.7. The first kappa shape index (κ1) is 18.6. The molecule has 1 aromatic heterocycles. The molecule has 0 radical (unpaired) electrons. The number of nitrogens with one attached hydrogen (secondary N) is 2. The summed E-state index contributed by atoms with van der Waals surface area (Å²) in [6.07, 6.45) is 13.5. The van der Waals surface area contributed by atoms with Gasteiger partial charge in [-0.3, -0.25) is 9.52 Å². The molecule has 3 rings (SSSR count). The second kappa shape index (κ2) is 8.98. The van der Waals surface area contributed by atoms with E-state index in [1.807, 2.05) is 54.0 Å². The molecule has 2 aromatic rings. The number of rotatable bonds is 6. The Morgan fingerprint density at radius 1 is 1.23 bits per heavy atom. The van der Waals surface area contributed by atoms with Crippen LogP contribution in [0, 0.1) is 0 Å². The van der Waals surface area contributed by atoms with Crippen molar-refractivity contribution in [2.75, 3.05) is 11.8 Å². The van der Waals surface area contributed by atoms with Crippen molar-refractivity contribution in [2.24, 2.45) is 0 Å². The molecular weight excluding hydrogens is 386 g/mol. The highest BCUT2D eigenvalue weighted by Gasteiger charge is 2.17. The van der Waals surface area contributed by atoms with E-state index in [-0.39, 0.29) is 11.8 Å². The molecule has 1 heterocycles. The van der Waals surface area contributed by atoms with Gasteiger partial charge in [-0.1, -0.05) is 36.5 Å². The van der Waals surface area contributed by atoms with Crippen molar-refractivity contribution in [1.82, 2.24) is 10.3 Å². The Labute approximate surface area is 162 Å². The molecule has 134 valence electrons. The van der Waals surface area contributed by atoms with Crippen LogP contribution in [0.25, 0.3) is 0 Å². The zero-order valence-electron chi connectivity index (χ0n) is 13.9. The zero-order chi connectivity index (χ0) is 18.4. The summed E-state index contributed by atoms with van der Waals surface area (Å²) in [4.78, 5) is 17.1. The van der Waals surface area contributed by atoms with E-state index in [9.17, 15) is 9.00 Å². The minimum Gasteiger partial charge on any atom is -0.355 e. The second-order valence-electron chi connectivity index (χ2n) is 5.27. The van der Waals surface area contributed by atoms with Gasteiger partial charge in [0, 0.05) is 35.0 Å². The fourth-order valence-corrected chi connectivity index (χ4v) is 5.29. The van der Waals surface area contributed by atoms with Gasteiger partial charge in [0.1, 0.15) is 0 Å². The summed E-state index contributed by atoms with van der Waals surface area (Å²) in [6.45, 7) is 0. The lowest BCUT2D eigenvalue weighted by atomic mass is 9.93. The summed E-state index contributed by atoms with van der Waals surface area (Å²) in [5.41, 5.74) is 1.48. The summed E-state index contributed by atoms with van der Waals surface area (Å²) in [7, 11) is 1.43. The topological polar surface area (TPSA) is 71.1 Å². The fourth-order valence-electron chi connectivity index (χ4n) is 2.43. The molecule has 2 N–H and O–H groups in total. The van der Waals surface area contributed by atoms with Crippen LogP contribution in [0.2, 0.25) is 0 Å². The quantitative estimate of drug-likeness (QED) is 0.714. The smallest absolute Gasteiger partial charge is 0.251 e. The van der Waals surface area contributed by atoms with Gasteiger partial charge in [0.25, 0.3) is 5.91 Å². The van der Waals surface area contributed by atoms with Crippen LogP contribution >= 0.6 is 22.1 Å². The Kier molecular flexibility index (Phi) is 6.43. The average molecular weight is 404 g/mol. The van der Waals surface area contributed by atoms with Gasteiger partial charge in [-0.25, -0.2) is 9.19 Å². The third kappa shape index (κ3) is 4.72. The first-order valence-corrected chi connectivity index (χ1v) is 11.2. The molecule has 0 fully saturated rings. The maximum absolute atomic E-state index is 12.3. The SMILES string of the molecule is CNC(=O)c1ccc(SS(=O)Nc2nccs2)cc1C1C=CC=CC=C1. The number of aromatic nitrogens is 1. The molecule has 1 aromatic carbocycles. The monoisotopic (exact) mass is 403 g/mol. The number of amides is 1. The van der Waals surface area contributed by atoms with Crippen molar-refractivity contribution >= 4 is 43.2 Å². The summed E-state index contributed by atoms with van der Waals surface area (Å²) >= 11 is 1.39. The Hall–Kier alpha value is -2.16. The van der Waals surface area contributed by atoms with Gasteiger partial charge in [-0.15, -0.1) is 11.3 Å². The predicted octanol–water partition coefficient (Wildman–Crippen LogP) is 4.05. The van der Waals surface area contributed by atoms with E-state index in [2.05, 4.69) is 15.0 Å². The number of carbonyl (C=O) groups is 1. The number of hydrogen-bond donors (Lipinski definition) is 2. The maximum Gasteiger partial charge on any atom is 0.251 e. The lowest BCUT2D eigenvalue weighted by Gasteiger charge is -2.15. The molecule has 0 spiro atoms. The standard InChI is InChI=1S/C18H17N3O2S3/c1-19-17(22)15-9-8-14(25-26(23)21-18-20-10-11-24-18)12-16(15)13-6-4-2-3-5-7-13/h2-13H,1H3,(H,19,22)(H,20,21). The van der Waals surface area contributed by atoms with Gasteiger partial charge < -0.3 is 5.32 Å².